The predicted molar refractivity (Wildman–Crippen MR) is 198 cm³/mol. The standard InChI is InChI=1S/C42H50N2O6/c1-3-5-7-9-11-13-31-47-37-23-27-39(28-24-37)49-41(45)33-15-19-35(20-16-33)43-44-36-21-17-34(18-22-36)42(46)50-40-29-25-38(26-30-40)48-32-14-12-10-8-6-4-2/h15-30H,3-14,31-32H2,1-2H3. The van der Waals surface area contributed by atoms with Gasteiger partial charge in [-0.25, -0.2) is 9.59 Å². The fourth-order valence-corrected chi connectivity index (χ4v) is 5.13. The summed E-state index contributed by atoms with van der Waals surface area (Å²) in [6.45, 7) is 5.80. The average Bonchev–Trinajstić information content (AvgIpc) is 3.15. The van der Waals surface area contributed by atoms with Gasteiger partial charge in [-0.15, -0.1) is 0 Å². The summed E-state index contributed by atoms with van der Waals surface area (Å²) < 4.78 is 22.6. The summed E-state index contributed by atoms with van der Waals surface area (Å²) in [5, 5.41) is 8.49. The van der Waals surface area contributed by atoms with Gasteiger partial charge in [0.15, 0.2) is 0 Å². The largest absolute Gasteiger partial charge is 0.494 e. The maximum atomic E-state index is 12.7. The van der Waals surface area contributed by atoms with E-state index in [1.165, 1.54) is 64.2 Å². The van der Waals surface area contributed by atoms with Crippen molar-refractivity contribution in [2.45, 2.75) is 90.9 Å². The van der Waals surface area contributed by atoms with Crippen LogP contribution in [0.2, 0.25) is 0 Å². The fourth-order valence-electron chi connectivity index (χ4n) is 5.13. The molecule has 0 unspecified atom stereocenters. The van der Waals surface area contributed by atoms with Gasteiger partial charge in [-0.3, -0.25) is 0 Å². The molecule has 8 heteroatoms. The van der Waals surface area contributed by atoms with Gasteiger partial charge in [0.2, 0.25) is 0 Å². The second-order valence-corrected chi connectivity index (χ2v) is 12.2. The Morgan fingerprint density at radius 3 is 1.10 bits per heavy atom. The monoisotopic (exact) mass is 678 g/mol. The first-order chi connectivity index (χ1) is 24.5. The van der Waals surface area contributed by atoms with Crippen LogP contribution in [0.5, 0.6) is 23.0 Å². The Balaban J connectivity index is 1.17. The van der Waals surface area contributed by atoms with E-state index < -0.39 is 11.9 Å². The fraction of sp³-hybridized carbons (Fsp3) is 0.381. The molecule has 0 bridgehead atoms. The molecule has 50 heavy (non-hydrogen) atoms. The van der Waals surface area contributed by atoms with E-state index in [0.29, 0.717) is 47.2 Å². The summed E-state index contributed by atoms with van der Waals surface area (Å²) in [6.07, 6.45) is 14.6. The van der Waals surface area contributed by atoms with Crippen molar-refractivity contribution in [3.05, 3.63) is 108 Å². The van der Waals surface area contributed by atoms with Crippen molar-refractivity contribution in [2.24, 2.45) is 10.2 Å². The maximum Gasteiger partial charge on any atom is 0.343 e. The lowest BCUT2D eigenvalue weighted by molar-refractivity contribution is 0.0725. The van der Waals surface area contributed by atoms with Crippen molar-refractivity contribution in [1.82, 2.24) is 0 Å². The molecule has 0 fully saturated rings. The molecule has 0 amide bonds. The summed E-state index contributed by atoms with van der Waals surface area (Å²) in [5.74, 6) is 1.47. The van der Waals surface area contributed by atoms with Crippen LogP contribution in [-0.4, -0.2) is 25.2 Å². The Bertz CT molecular complexity index is 1460. The third kappa shape index (κ3) is 13.9. The first kappa shape index (κ1) is 37.8. The van der Waals surface area contributed by atoms with Crippen LogP contribution in [0, 0.1) is 0 Å². The number of ether oxygens (including phenoxy) is 4. The lowest BCUT2D eigenvalue weighted by atomic mass is 10.1. The maximum absolute atomic E-state index is 12.7. The molecule has 0 aliphatic rings. The molecule has 0 aromatic heterocycles. The van der Waals surface area contributed by atoms with Crippen molar-refractivity contribution < 1.29 is 28.5 Å². The smallest absolute Gasteiger partial charge is 0.343 e. The van der Waals surface area contributed by atoms with Gasteiger partial charge in [-0.1, -0.05) is 78.1 Å². The number of nitrogens with zero attached hydrogens (tertiary/aromatic N) is 2. The molecular formula is C42H50N2O6. The molecule has 0 heterocycles. The van der Waals surface area contributed by atoms with E-state index in [1.54, 1.807) is 72.8 Å². The minimum Gasteiger partial charge on any atom is -0.494 e. The zero-order chi connectivity index (χ0) is 35.2. The summed E-state index contributed by atoms with van der Waals surface area (Å²) in [5.41, 5.74) is 1.92. The Hall–Kier alpha value is -4.98. The molecule has 0 atom stereocenters. The molecule has 4 rings (SSSR count). The van der Waals surface area contributed by atoms with Crippen LogP contribution >= 0.6 is 0 Å². The second-order valence-electron chi connectivity index (χ2n) is 12.2. The van der Waals surface area contributed by atoms with Gasteiger partial charge in [0.25, 0.3) is 0 Å². The van der Waals surface area contributed by atoms with E-state index >= 15 is 0 Å². The molecule has 264 valence electrons. The van der Waals surface area contributed by atoms with Crippen LogP contribution in [-0.2, 0) is 0 Å². The molecule has 4 aromatic rings. The molecule has 0 aliphatic heterocycles. The van der Waals surface area contributed by atoms with E-state index in [0.717, 1.165) is 24.3 Å². The first-order valence-corrected chi connectivity index (χ1v) is 18.1. The predicted octanol–water partition coefficient (Wildman–Crippen LogP) is 12.0. The molecule has 0 saturated carbocycles. The number of carbonyl (C=O) groups excluding carboxylic acids is 2. The summed E-state index contributed by atoms with van der Waals surface area (Å²) in [4.78, 5) is 25.3. The first-order valence-electron chi connectivity index (χ1n) is 18.1. The van der Waals surface area contributed by atoms with E-state index in [4.69, 9.17) is 18.9 Å². The second kappa shape index (κ2) is 21.9. The van der Waals surface area contributed by atoms with Gasteiger partial charge < -0.3 is 18.9 Å². The number of benzene rings is 4. The lowest BCUT2D eigenvalue weighted by Gasteiger charge is -2.08. The molecular weight excluding hydrogens is 628 g/mol. The topological polar surface area (TPSA) is 95.8 Å². The minimum absolute atomic E-state index is 0.394. The van der Waals surface area contributed by atoms with E-state index in [1.807, 2.05) is 24.3 Å². The van der Waals surface area contributed by atoms with Gasteiger partial charge in [0, 0.05) is 0 Å². The molecule has 0 saturated heterocycles. The van der Waals surface area contributed by atoms with Gasteiger partial charge in [0.05, 0.1) is 35.7 Å². The van der Waals surface area contributed by atoms with Crippen LogP contribution < -0.4 is 18.9 Å². The van der Waals surface area contributed by atoms with Gasteiger partial charge >= 0.3 is 11.9 Å². The zero-order valence-electron chi connectivity index (χ0n) is 29.5. The summed E-state index contributed by atoms with van der Waals surface area (Å²) in [7, 11) is 0. The quantitative estimate of drug-likeness (QED) is 0.0355. The van der Waals surface area contributed by atoms with Crippen LogP contribution in [0.3, 0.4) is 0 Å². The van der Waals surface area contributed by atoms with Crippen molar-refractivity contribution >= 4 is 23.3 Å². The SMILES string of the molecule is CCCCCCCCOc1ccc(OC(=O)c2ccc(N=Nc3ccc(C(=O)Oc4ccc(OCCCCCCCC)cc4)cc3)cc2)cc1. The minimum atomic E-state index is -0.468. The number of rotatable bonds is 22. The summed E-state index contributed by atoms with van der Waals surface area (Å²) in [6, 6.07) is 27.5. The number of carbonyl (C=O) groups is 2. The van der Waals surface area contributed by atoms with Crippen molar-refractivity contribution in [2.75, 3.05) is 13.2 Å². The van der Waals surface area contributed by atoms with Crippen molar-refractivity contribution in [3.8, 4) is 23.0 Å². The number of esters is 2. The lowest BCUT2D eigenvalue weighted by Crippen LogP contribution is -2.08. The molecule has 0 radical (unpaired) electrons. The van der Waals surface area contributed by atoms with Crippen LogP contribution in [0.25, 0.3) is 0 Å². The highest BCUT2D eigenvalue weighted by atomic mass is 16.5. The van der Waals surface area contributed by atoms with Crippen LogP contribution in [0.4, 0.5) is 11.4 Å². The number of azo groups is 1. The van der Waals surface area contributed by atoms with E-state index in [-0.39, 0.29) is 0 Å². The van der Waals surface area contributed by atoms with Crippen molar-refractivity contribution in [1.29, 1.82) is 0 Å². The number of hydrogen-bond donors (Lipinski definition) is 0. The number of unbranched alkanes of at least 4 members (excludes halogenated alkanes) is 10. The van der Waals surface area contributed by atoms with Gasteiger partial charge in [-0.05, 0) is 110 Å². The Kier molecular flexibility index (Phi) is 16.6. The van der Waals surface area contributed by atoms with E-state index in [9.17, 15) is 9.59 Å². The van der Waals surface area contributed by atoms with Crippen LogP contribution in [0.1, 0.15) is 112 Å². The highest BCUT2D eigenvalue weighted by Gasteiger charge is 2.11. The highest BCUT2D eigenvalue weighted by molar-refractivity contribution is 5.92. The Morgan fingerprint density at radius 1 is 0.420 bits per heavy atom. The molecule has 0 spiro atoms. The molecule has 0 aliphatic carbocycles. The molecule has 0 N–H and O–H groups in total. The molecule has 4 aromatic carbocycles. The average molecular weight is 679 g/mol. The van der Waals surface area contributed by atoms with Crippen LogP contribution in [0.15, 0.2) is 107 Å². The highest BCUT2D eigenvalue weighted by Crippen LogP contribution is 2.23. The third-order valence-electron chi connectivity index (χ3n) is 8.09. The summed E-state index contributed by atoms with van der Waals surface area (Å²) >= 11 is 0. The van der Waals surface area contributed by atoms with Gasteiger partial charge in [0.1, 0.15) is 23.0 Å². The van der Waals surface area contributed by atoms with Gasteiger partial charge in [-0.2, -0.15) is 10.2 Å². The van der Waals surface area contributed by atoms with E-state index in [2.05, 4.69) is 24.1 Å². The zero-order valence-corrected chi connectivity index (χ0v) is 29.5. The van der Waals surface area contributed by atoms with Crippen molar-refractivity contribution in [3.63, 3.8) is 0 Å². The third-order valence-corrected chi connectivity index (χ3v) is 8.09. The Morgan fingerprint density at radius 2 is 0.740 bits per heavy atom. The number of hydrogen-bond acceptors (Lipinski definition) is 8. The normalized spacial score (nSPS) is 11.0. The Labute approximate surface area is 296 Å². The molecule has 8 nitrogen and oxygen atoms in total.